The van der Waals surface area contributed by atoms with Crippen molar-refractivity contribution < 1.29 is 33.3 Å². The van der Waals surface area contributed by atoms with Crippen LogP contribution in [0.15, 0.2) is 103 Å². The van der Waals surface area contributed by atoms with E-state index in [0.717, 1.165) is 58.3 Å². The maximum atomic E-state index is 12.7. The van der Waals surface area contributed by atoms with E-state index in [0.29, 0.717) is 12.5 Å². The molecule has 9 rings (SSSR count). The van der Waals surface area contributed by atoms with Crippen LogP contribution >= 0.6 is 0 Å². The number of piperidine rings is 1. The summed E-state index contributed by atoms with van der Waals surface area (Å²) < 4.78 is 24.2. The topological polar surface area (TPSA) is 115 Å². The Morgan fingerprint density at radius 2 is 1.59 bits per heavy atom. The van der Waals surface area contributed by atoms with E-state index in [1.165, 1.54) is 71.0 Å². The molecule has 0 spiro atoms. The number of benzene rings is 5. The van der Waals surface area contributed by atoms with Crippen LogP contribution in [-0.4, -0.2) is 63.8 Å². The molecule has 5 aromatic rings. The number of rotatable bonds is 15. The Kier molecular flexibility index (Phi) is 13.9. The molecule has 10 nitrogen and oxygen atoms in total. The maximum absolute atomic E-state index is 12.7. The van der Waals surface area contributed by atoms with Gasteiger partial charge in [-0.05, 0) is 107 Å². The Morgan fingerprint density at radius 1 is 0.873 bits per heavy atom. The zero-order chi connectivity index (χ0) is 50.2. The van der Waals surface area contributed by atoms with Gasteiger partial charge >= 0.3 is 11.9 Å². The van der Waals surface area contributed by atoms with Crippen molar-refractivity contribution in [2.24, 2.45) is 11.8 Å². The van der Waals surface area contributed by atoms with Gasteiger partial charge in [-0.1, -0.05) is 127 Å². The Hall–Kier alpha value is -6.55. The van der Waals surface area contributed by atoms with E-state index < -0.39 is 17.5 Å². The average Bonchev–Trinajstić information content (AvgIpc) is 3.61. The Bertz CT molecular complexity index is 2880. The van der Waals surface area contributed by atoms with Gasteiger partial charge in [0, 0.05) is 70.8 Å². The number of esters is 2. The second-order valence-electron chi connectivity index (χ2n) is 21.8. The van der Waals surface area contributed by atoms with Gasteiger partial charge < -0.3 is 34.5 Å². The fourth-order valence-corrected chi connectivity index (χ4v) is 11.6. The summed E-state index contributed by atoms with van der Waals surface area (Å²) >= 11 is 0. The first-order chi connectivity index (χ1) is 34.0. The van der Waals surface area contributed by atoms with Crippen LogP contribution in [0.25, 0.3) is 28.0 Å². The first kappa shape index (κ1) is 49.4. The normalized spacial score (nSPS) is 20.1. The van der Waals surface area contributed by atoms with E-state index in [2.05, 4.69) is 148 Å². The summed E-state index contributed by atoms with van der Waals surface area (Å²) in [7, 11) is 1.81. The van der Waals surface area contributed by atoms with Crippen LogP contribution in [0.1, 0.15) is 127 Å². The molecule has 71 heavy (non-hydrogen) atoms. The maximum Gasteiger partial charge on any atom is 0.333 e. The molecule has 4 unspecified atom stereocenters. The predicted molar refractivity (Wildman–Crippen MR) is 284 cm³/mol. The third-order valence-corrected chi connectivity index (χ3v) is 15.5. The fourth-order valence-electron chi connectivity index (χ4n) is 11.6. The summed E-state index contributed by atoms with van der Waals surface area (Å²) in [6.07, 6.45) is 11.0. The number of carbonyl (C=O) groups is 3. The molecule has 2 N–H and O–H groups in total. The lowest BCUT2D eigenvalue weighted by atomic mass is 9.75. The van der Waals surface area contributed by atoms with Gasteiger partial charge in [0.25, 0.3) is 0 Å². The number of nitrogens with one attached hydrogen (secondary N) is 2. The highest BCUT2D eigenvalue weighted by Gasteiger charge is 2.45. The summed E-state index contributed by atoms with van der Waals surface area (Å²) in [5.41, 5.74) is 10.7. The molecule has 0 aromatic heterocycles. The molecule has 2 heterocycles. The monoisotopic (exact) mass is 958 g/mol. The number of nitrogens with zero attached hydrogens (tertiary/aromatic N) is 1. The van der Waals surface area contributed by atoms with E-state index in [9.17, 15) is 14.4 Å². The van der Waals surface area contributed by atoms with Crippen LogP contribution in [-0.2, 0) is 40.3 Å². The van der Waals surface area contributed by atoms with Crippen LogP contribution in [0.2, 0.25) is 0 Å². The molecular weight excluding hydrogens is 887 g/mol. The van der Waals surface area contributed by atoms with E-state index >= 15 is 0 Å². The Balaban J connectivity index is 1.02. The first-order valence-corrected chi connectivity index (χ1v) is 25.7. The lowest BCUT2D eigenvalue weighted by molar-refractivity contribution is -0.150. The Labute approximate surface area is 420 Å². The van der Waals surface area contributed by atoms with Gasteiger partial charge in [0.1, 0.15) is 24.7 Å². The number of fused-ring (bicyclic) bond motifs is 9. The van der Waals surface area contributed by atoms with Crippen LogP contribution in [0, 0.1) is 11.8 Å². The summed E-state index contributed by atoms with van der Waals surface area (Å²) in [6, 6.07) is 30.4. The number of hydrogen-bond acceptors (Lipinski definition) is 9. The van der Waals surface area contributed by atoms with Crippen molar-refractivity contribution >= 4 is 46.1 Å². The van der Waals surface area contributed by atoms with Gasteiger partial charge in [-0.15, -0.1) is 0 Å². The fraction of sp³-hybridized carbons (Fsp3) is 0.426. The molecule has 2 aliphatic carbocycles. The zero-order valence-electron chi connectivity index (χ0n) is 43.0. The van der Waals surface area contributed by atoms with Crippen molar-refractivity contribution in [1.82, 2.24) is 5.32 Å². The van der Waals surface area contributed by atoms with Crippen LogP contribution in [0.5, 0.6) is 11.5 Å². The van der Waals surface area contributed by atoms with Crippen LogP contribution < -0.4 is 25.0 Å². The Morgan fingerprint density at radius 3 is 2.31 bits per heavy atom. The molecule has 372 valence electrons. The van der Waals surface area contributed by atoms with E-state index in [-0.39, 0.29) is 54.4 Å². The van der Waals surface area contributed by atoms with Crippen molar-refractivity contribution in [1.29, 1.82) is 0 Å². The minimum atomic E-state index is -0.963. The zero-order valence-corrected chi connectivity index (χ0v) is 43.0. The molecule has 5 aromatic carbocycles. The SMILES string of the molecule is C=C(C)C(=O)OCCOC(=O)CCC(=O)NC(C)CNc1ccc(C2(c3ccccc3)C=Cc3c4c(c5cc(N6CCC7CCCCC7C6)c(OC)cc5c3O2)-c2ccc(C(C)(C)C)cc2C4(C)C)cc1. The summed E-state index contributed by atoms with van der Waals surface area (Å²) in [6.45, 7) is 21.0. The average molecular weight is 958 g/mol. The van der Waals surface area contributed by atoms with Crippen molar-refractivity contribution in [3.05, 3.63) is 137 Å². The van der Waals surface area contributed by atoms with Crippen LogP contribution in [0.4, 0.5) is 11.4 Å². The third-order valence-electron chi connectivity index (χ3n) is 15.5. The summed E-state index contributed by atoms with van der Waals surface area (Å²) in [5.74, 6) is 1.91. The lowest BCUT2D eigenvalue weighted by Crippen LogP contribution is -2.42. The third kappa shape index (κ3) is 9.79. The van der Waals surface area contributed by atoms with Gasteiger partial charge in [-0.25, -0.2) is 4.79 Å². The number of methoxy groups -OCH3 is 1. The number of anilines is 2. The highest BCUT2D eigenvalue weighted by Crippen LogP contribution is 2.60. The van der Waals surface area contributed by atoms with Crippen molar-refractivity contribution in [2.75, 3.05) is 50.2 Å². The molecule has 2 aliphatic heterocycles. The molecule has 1 saturated heterocycles. The van der Waals surface area contributed by atoms with Crippen molar-refractivity contribution in [2.45, 2.75) is 116 Å². The number of amides is 1. The molecular formula is C61H71N3O7. The second kappa shape index (κ2) is 19.9. The number of ether oxygens (including phenoxy) is 4. The molecule has 1 saturated carbocycles. The number of hydrogen-bond donors (Lipinski definition) is 2. The van der Waals surface area contributed by atoms with Crippen LogP contribution in [0.3, 0.4) is 0 Å². The predicted octanol–water partition coefficient (Wildman–Crippen LogP) is 12.2. The van der Waals surface area contributed by atoms with E-state index in [4.69, 9.17) is 18.9 Å². The molecule has 2 fully saturated rings. The van der Waals surface area contributed by atoms with Gasteiger partial charge in [0.15, 0.2) is 5.60 Å². The van der Waals surface area contributed by atoms with Gasteiger partial charge in [0.05, 0.1) is 19.2 Å². The molecule has 4 aliphatic rings. The molecule has 4 atom stereocenters. The molecule has 0 radical (unpaired) electrons. The summed E-state index contributed by atoms with van der Waals surface area (Å²) in [5, 5.41) is 8.66. The van der Waals surface area contributed by atoms with E-state index in [1.807, 2.05) is 13.0 Å². The van der Waals surface area contributed by atoms with Crippen molar-refractivity contribution in [3.8, 4) is 22.6 Å². The highest BCUT2D eigenvalue weighted by molar-refractivity contribution is 6.10. The lowest BCUT2D eigenvalue weighted by Gasteiger charge is -2.43. The molecule has 0 bridgehead atoms. The standard InChI is InChI=1S/C61H71N3O7/c1-38(2)58(67)70-32-31-69-54(66)26-25-53(65)63-39(3)36-62-45-22-19-43(20-23-45)61(42-17-11-10-12-18-42)29-27-47-56-55(46-24-21-44(59(4,5)6)33-50(46)60(56,7)8)48-34-51(52(68-9)35-49(48)57(47)71-61)64-30-28-40-15-13-14-16-41(40)37-64/h10-12,17-24,27,29,33-35,39-41,62H,1,13-16,25-26,28,30-32,36-37H2,2-9H3,(H,63,65). The minimum absolute atomic E-state index is 0.00288. The van der Waals surface area contributed by atoms with E-state index in [1.54, 1.807) is 14.0 Å². The molecule has 1 amide bonds. The smallest absolute Gasteiger partial charge is 0.333 e. The summed E-state index contributed by atoms with van der Waals surface area (Å²) in [4.78, 5) is 39.1. The second-order valence-corrected chi connectivity index (χ2v) is 21.8. The quantitative estimate of drug-likeness (QED) is 0.0601. The molecule has 10 heteroatoms. The first-order valence-electron chi connectivity index (χ1n) is 25.7. The number of carbonyl (C=O) groups excluding carboxylic acids is 3. The van der Waals surface area contributed by atoms with Gasteiger partial charge in [0.2, 0.25) is 5.91 Å². The minimum Gasteiger partial charge on any atom is -0.495 e. The van der Waals surface area contributed by atoms with Crippen molar-refractivity contribution in [3.63, 3.8) is 0 Å². The largest absolute Gasteiger partial charge is 0.495 e. The highest BCUT2D eigenvalue weighted by atomic mass is 16.6. The van der Waals surface area contributed by atoms with Gasteiger partial charge in [-0.2, -0.15) is 0 Å². The van der Waals surface area contributed by atoms with Gasteiger partial charge in [-0.3, -0.25) is 9.59 Å².